The molecule has 2 atom stereocenters. The number of benzene rings is 1. The minimum atomic E-state index is 0.565. The molecule has 1 heterocycles. The van der Waals surface area contributed by atoms with Crippen molar-refractivity contribution in [2.45, 2.75) is 46.1 Å². The molecule has 118 valence electrons. The highest BCUT2D eigenvalue weighted by Gasteiger charge is 2.24. The Labute approximate surface area is 129 Å². The molecule has 0 radical (unpaired) electrons. The molecule has 2 unspecified atom stereocenters. The molecule has 0 aliphatic carbocycles. The maximum Gasteiger partial charge on any atom is 0.119 e. The molecular formula is C18H30N2O. The van der Waals surface area contributed by atoms with E-state index in [-0.39, 0.29) is 0 Å². The first kappa shape index (κ1) is 16.3. The summed E-state index contributed by atoms with van der Waals surface area (Å²) in [5.41, 5.74) is 8.52. The van der Waals surface area contributed by atoms with Gasteiger partial charge in [0.2, 0.25) is 0 Å². The maximum atomic E-state index is 5.91. The van der Waals surface area contributed by atoms with Crippen molar-refractivity contribution in [3.63, 3.8) is 0 Å². The fraction of sp³-hybridized carbons (Fsp3) is 0.667. The highest BCUT2D eigenvalue weighted by atomic mass is 16.5. The molecule has 0 saturated carbocycles. The number of hydrogen-bond donors (Lipinski definition) is 1. The van der Waals surface area contributed by atoms with Crippen molar-refractivity contribution in [1.82, 2.24) is 4.90 Å². The number of hydrogen-bond acceptors (Lipinski definition) is 3. The first-order valence-electron chi connectivity index (χ1n) is 8.24. The van der Waals surface area contributed by atoms with E-state index in [4.69, 9.17) is 10.5 Å². The average Bonchev–Trinajstić information content (AvgIpc) is 2.48. The van der Waals surface area contributed by atoms with Crippen LogP contribution >= 0.6 is 0 Å². The molecular weight excluding hydrogens is 260 g/mol. The van der Waals surface area contributed by atoms with Crippen LogP contribution in [-0.2, 0) is 0 Å². The summed E-state index contributed by atoms with van der Waals surface area (Å²) < 4.78 is 5.86. The highest BCUT2D eigenvalue weighted by Crippen LogP contribution is 2.22. The van der Waals surface area contributed by atoms with Gasteiger partial charge in [-0.1, -0.05) is 13.0 Å². The SMILES string of the molecule is Cc1ccc(OCCCN2CCC(C)CC2CN)cc1C. The Kier molecular flexibility index (Phi) is 6.07. The van der Waals surface area contributed by atoms with Gasteiger partial charge in [-0.15, -0.1) is 0 Å². The first-order valence-corrected chi connectivity index (χ1v) is 8.24. The Hall–Kier alpha value is -1.06. The minimum Gasteiger partial charge on any atom is -0.494 e. The normalized spacial score (nSPS) is 23.2. The van der Waals surface area contributed by atoms with Gasteiger partial charge in [-0.3, -0.25) is 4.90 Å². The predicted octanol–water partition coefficient (Wildman–Crippen LogP) is 3.13. The number of nitrogens with two attached hydrogens (primary N) is 1. The maximum absolute atomic E-state index is 5.91. The van der Waals surface area contributed by atoms with Gasteiger partial charge in [0.1, 0.15) is 5.75 Å². The largest absolute Gasteiger partial charge is 0.494 e. The molecule has 2 N–H and O–H groups in total. The van der Waals surface area contributed by atoms with Gasteiger partial charge >= 0.3 is 0 Å². The average molecular weight is 290 g/mol. The van der Waals surface area contributed by atoms with Crippen molar-refractivity contribution in [3.8, 4) is 5.75 Å². The van der Waals surface area contributed by atoms with Crippen LogP contribution in [0.3, 0.4) is 0 Å². The number of rotatable bonds is 6. The van der Waals surface area contributed by atoms with Crippen molar-refractivity contribution in [1.29, 1.82) is 0 Å². The van der Waals surface area contributed by atoms with Gasteiger partial charge < -0.3 is 10.5 Å². The fourth-order valence-electron chi connectivity index (χ4n) is 3.10. The second-order valence-electron chi connectivity index (χ2n) is 6.50. The third kappa shape index (κ3) is 4.72. The molecule has 1 fully saturated rings. The summed E-state index contributed by atoms with van der Waals surface area (Å²) >= 11 is 0. The van der Waals surface area contributed by atoms with Gasteiger partial charge in [-0.2, -0.15) is 0 Å². The second-order valence-corrected chi connectivity index (χ2v) is 6.50. The van der Waals surface area contributed by atoms with E-state index in [1.54, 1.807) is 0 Å². The molecule has 0 spiro atoms. The molecule has 1 aromatic carbocycles. The number of nitrogens with zero attached hydrogens (tertiary/aromatic N) is 1. The first-order chi connectivity index (χ1) is 10.1. The fourth-order valence-corrected chi connectivity index (χ4v) is 3.10. The molecule has 2 rings (SSSR count). The van der Waals surface area contributed by atoms with Crippen molar-refractivity contribution in [2.24, 2.45) is 11.7 Å². The summed E-state index contributed by atoms with van der Waals surface area (Å²) in [5, 5.41) is 0. The Morgan fingerprint density at radius 2 is 2.10 bits per heavy atom. The second kappa shape index (κ2) is 7.81. The lowest BCUT2D eigenvalue weighted by Crippen LogP contribution is -2.46. The number of piperidine rings is 1. The summed E-state index contributed by atoms with van der Waals surface area (Å²) in [6.45, 7) is 10.4. The molecule has 0 amide bonds. The summed E-state index contributed by atoms with van der Waals surface area (Å²) in [6, 6.07) is 6.88. The zero-order chi connectivity index (χ0) is 15.2. The van der Waals surface area contributed by atoms with Crippen molar-refractivity contribution < 1.29 is 4.74 Å². The van der Waals surface area contributed by atoms with Crippen molar-refractivity contribution in [3.05, 3.63) is 29.3 Å². The standard InChI is InChI=1S/C18H30N2O/c1-14-7-9-20(17(11-14)13-19)8-4-10-21-18-6-5-15(2)16(3)12-18/h5-6,12,14,17H,4,7-11,13,19H2,1-3H3. The van der Waals surface area contributed by atoms with E-state index in [0.29, 0.717) is 6.04 Å². The van der Waals surface area contributed by atoms with E-state index in [0.717, 1.165) is 37.8 Å². The Bertz CT molecular complexity index is 447. The van der Waals surface area contributed by atoms with E-state index in [9.17, 15) is 0 Å². The summed E-state index contributed by atoms with van der Waals surface area (Å²) in [6.07, 6.45) is 3.61. The van der Waals surface area contributed by atoms with Crippen LogP contribution in [0.1, 0.15) is 37.3 Å². The molecule has 3 heteroatoms. The van der Waals surface area contributed by atoms with Gasteiger partial charge in [-0.25, -0.2) is 0 Å². The zero-order valence-electron chi connectivity index (χ0n) is 13.8. The van der Waals surface area contributed by atoms with E-state index in [2.05, 4.69) is 43.9 Å². The topological polar surface area (TPSA) is 38.5 Å². The Morgan fingerprint density at radius 3 is 2.81 bits per heavy atom. The molecule has 0 bridgehead atoms. The molecule has 21 heavy (non-hydrogen) atoms. The van der Waals surface area contributed by atoms with E-state index >= 15 is 0 Å². The lowest BCUT2D eigenvalue weighted by atomic mass is 9.92. The third-order valence-corrected chi connectivity index (χ3v) is 4.71. The lowest BCUT2D eigenvalue weighted by Gasteiger charge is -2.37. The van der Waals surface area contributed by atoms with E-state index in [1.165, 1.54) is 30.5 Å². The van der Waals surface area contributed by atoms with E-state index < -0.39 is 0 Å². The van der Waals surface area contributed by atoms with Gasteiger partial charge in [0.25, 0.3) is 0 Å². The molecule has 3 nitrogen and oxygen atoms in total. The van der Waals surface area contributed by atoms with Crippen LogP contribution in [0.5, 0.6) is 5.75 Å². The van der Waals surface area contributed by atoms with Gasteiger partial charge in [0, 0.05) is 19.1 Å². The van der Waals surface area contributed by atoms with Crippen molar-refractivity contribution in [2.75, 3.05) is 26.2 Å². The monoisotopic (exact) mass is 290 g/mol. The summed E-state index contributed by atoms with van der Waals surface area (Å²) in [5.74, 6) is 1.81. The van der Waals surface area contributed by atoms with Gasteiger partial charge in [0.05, 0.1) is 6.61 Å². The van der Waals surface area contributed by atoms with Gasteiger partial charge in [0.15, 0.2) is 0 Å². The molecule has 0 aromatic heterocycles. The highest BCUT2D eigenvalue weighted by molar-refractivity contribution is 5.33. The van der Waals surface area contributed by atoms with Crippen LogP contribution in [0, 0.1) is 19.8 Å². The molecule has 1 aliphatic rings. The van der Waals surface area contributed by atoms with Crippen LogP contribution < -0.4 is 10.5 Å². The minimum absolute atomic E-state index is 0.565. The van der Waals surface area contributed by atoms with Crippen LogP contribution in [0.15, 0.2) is 18.2 Å². The Morgan fingerprint density at radius 1 is 1.29 bits per heavy atom. The number of aryl methyl sites for hydroxylation is 2. The predicted molar refractivity (Wildman–Crippen MR) is 88.8 cm³/mol. The van der Waals surface area contributed by atoms with Crippen molar-refractivity contribution >= 4 is 0 Å². The molecule has 1 saturated heterocycles. The quantitative estimate of drug-likeness (QED) is 0.818. The molecule has 1 aromatic rings. The van der Waals surface area contributed by atoms with Crippen LogP contribution in [0.4, 0.5) is 0 Å². The van der Waals surface area contributed by atoms with Crippen LogP contribution in [-0.4, -0.2) is 37.2 Å². The summed E-state index contributed by atoms with van der Waals surface area (Å²) in [7, 11) is 0. The third-order valence-electron chi connectivity index (χ3n) is 4.71. The number of ether oxygens (including phenoxy) is 1. The molecule has 1 aliphatic heterocycles. The lowest BCUT2D eigenvalue weighted by molar-refractivity contribution is 0.115. The van der Waals surface area contributed by atoms with E-state index in [1.807, 2.05) is 0 Å². The van der Waals surface area contributed by atoms with Crippen LogP contribution in [0.2, 0.25) is 0 Å². The number of likely N-dealkylation sites (tertiary alicyclic amines) is 1. The summed E-state index contributed by atoms with van der Waals surface area (Å²) in [4.78, 5) is 2.55. The van der Waals surface area contributed by atoms with Crippen LogP contribution in [0.25, 0.3) is 0 Å². The Balaban J connectivity index is 1.72. The zero-order valence-corrected chi connectivity index (χ0v) is 13.8. The van der Waals surface area contributed by atoms with Gasteiger partial charge in [-0.05, 0) is 68.8 Å². The smallest absolute Gasteiger partial charge is 0.119 e.